The topological polar surface area (TPSA) is 13.1 Å². The Morgan fingerprint density at radius 1 is 1.25 bits per heavy atom. The lowest BCUT2D eigenvalue weighted by Gasteiger charge is -2.03. The van der Waals surface area contributed by atoms with Crippen molar-refractivity contribution < 1.29 is 4.42 Å². The third kappa shape index (κ3) is 3.30. The van der Waals surface area contributed by atoms with Gasteiger partial charge in [0.25, 0.3) is 0 Å². The molecule has 0 N–H and O–H groups in total. The molecule has 4 heteroatoms. The van der Waals surface area contributed by atoms with Crippen LogP contribution < -0.4 is 0 Å². The van der Waals surface area contributed by atoms with Crippen LogP contribution in [-0.4, -0.2) is 0 Å². The molecule has 1 nitrogen and oxygen atoms in total. The van der Waals surface area contributed by atoms with Crippen LogP contribution in [0.2, 0.25) is 5.02 Å². The van der Waals surface area contributed by atoms with E-state index < -0.39 is 0 Å². The van der Waals surface area contributed by atoms with Crippen molar-refractivity contribution in [1.29, 1.82) is 0 Å². The van der Waals surface area contributed by atoms with E-state index in [1.807, 2.05) is 30.3 Å². The molecule has 16 heavy (non-hydrogen) atoms. The van der Waals surface area contributed by atoms with E-state index in [0.717, 1.165) is 32.3 Å². The molecule has 0 spiro atoms. The second-order valence-corrected chi connectivity index (χ2v) is 5.62. The van der Waals surface area contributed by atoms with Gasteiger partial charge < -0.3 is 4.42 Å². The predicted octanol–water partition coefficient (Wildman–Crippen LogP) is 5.13. The first kappa shape index (κ1) is 12.1. The number of furan rings is 1. The Morgan fingerprint density at radius 3 is 2.81 bits per heavy atom. The van der Waals surface area contributed by atoms with Gasteiger partial charge in [-0.3, -0.25) is 0 Å². The van der Waals surface area contributed by atoms with Crippen molar-refractivity contribution in [2.75, 3.05) is 0 Å². The molecular weight excluding hydrogens is 308 g/mol. The fourth-order valence-electron chi connectivity index (χ4n) is 1.30. The standard InChI is InChI=1S/C12H10BrClOS/c13-10-4-3-9(12(14)6-10)7-16-8-11-2-1-5-15-11/h1-6H,7-8H2. The van der Waals surface area contributed by atoms with Crippen molar-refractivity contribution in [2.45, 2.75) is 11.5 Å². The lowest BCUT2D eigenvalue weighted by Crippen LogP contribution is -1.83. The van der Waals surface area contributed by atoms with Gasteiger partial charge in [0.15, 0.2) is 0 Å². The quantitative estimate of drug-likeness (QED) is 0.775. The first-order valence-corrected chi connectivity index (χ1v) is 7.12. The average molecular weight is 318 g/mol. The fraction of sp³-hybridized carbons (Fsp3) is 0.167. The molecule has 0 atom stereocenters. The van der Waals surface area contributed by atoms with E-state index in [-0.39, 0.29) is 0 Å². The van der Waals surface area contributed by atoms with Gasteiger partial charge >= 0.3 is 0 Å². The summed E-state index contributed by atoms with van der Waals surface area (Å²) in [6.07, 6.45) is 1.70. The normalized spacial score (nSPS) is 10.6. The molecule has 0 saturated carbocycles. The molecular formula is C12H10BrClOS. The van der Waals surface area contributed by atoms with Crippen molar-refractivity contribution in [1.82, 2.24) is 0 Å². The number of hydrogen-bond donors (Lipinski definition) is 0. The van der Waals surface area contributed by atoms with E-state index in [1.54, 1.807) is 18.0 Å². The fourth-order valence-corrected chi connectivity index (χ4v) is 3.05. The third-order valence-electron chi connectivity index (χ3n) is 2.10. The second kappa shape index (κ2) is 5.80. The lowest BCUT2D eigenvalue weighted by molar-refractivity contribution is 0.530. The van der Waals surface area contributed by atoms with Crippen LogP contribution >= 0.6 is 39.3 Å². The predicted molar refractivity (Wildman–Crippen MR) is 72.9 cm³/mol. The molecule has 1 aromatic heterocycles. The minimum atomic E-state index is 0.807. The molecule has 0 aliphatic rings. The van der Waals surface area contributed by atoms with Gasteiger partial charge in [-0.2, -0.15) is 0 Å². The van der Waals surface area contributed by atoms with E-state index in [0.29, 0.717) is 0 Å². The van der Waals surface area contributed by atoms with Gasteiger partial charge in [0.05, 0.1) is 12.0 Å². The van der Waals surface area contributed by atoms with Gasteiger partial charge in [0.1, 0.15) is 5.76 Å². The van der Waals surface area contributed by atoms with Gasteiger partial charge in [-0.25, -0.2) is 0 Å². The van der Waals surface area contributed by atoms with Crippen LogP contribution in [0.3, 0.4) is 0 Å². The molecule has 0 radical (unpaired) electrons. The van der Waals surface area contributed by atoms with Crippen molar-refractivity contribution in [3.63, 3.8) is 0 Å². The number of rotatable bonds is 4. The van der Waals surface area contributed by atoms with Crippen molar-refractivity contribution >= 4 is 39.3 Å². The molecule has 84 valence electrons. The van der Waals surface area contributed by atoms with Crippen molar-refractivity contribution in [3.8, 4) is 0 Å². The first-order chi connectivity index (χ1) is 7.75. The van der Waals surface area contributed by atoms with E-state index >= 15 is 0 Å². The Balaban J connectivity index is 1.90. The highest BCUT2D eigenvalue weighted by atomic mass is 79.9. The van der Waals surface area contributed by atoms with Crippen LogP contribution in [-0.2, 0) is 11.5 Å². The highest BCUT2D eigenvalue weighted by Gasteiger charge is 2.02. The largest absolute Gasteiger partial charge is 0.468 e. The summed E-state index contributed by atoms with van der Waals surface area (Å²) >= 11 is 11.3. The van der Waals surface area contributed by atoms with Gasteiger partial charge in [-0.05, 0) is 29.8 Å². The van der Waals surface area contributed by atoms with E-state index in [9.17, 15) is 0 Å². The molecule has 0 unspecified atom stereocenters. The Hall–Kier alpha value is -0.380. The Kier molecular flexibility index (Phi) is 4.38. The number of halogens is 2. The van der Waals surface area contributed by atoms with Gasteiger partial charge in [0, 0.05) is 15.2 Å². The molecule has 0 aliphatic carbocycles. The highest BCUT2D eigenvalue weighted by Crippen LogP contribution is 2.26. The number of thioether (sulfide) groups is 1. The Bertz CT molecular complexity index is 456. The van der Waals surface area contributed by atoms with E-state index in [2.05, 4.69) is 15.9 Å². The molecule has 2 aromatic rings. The summed E-state index contributed by atoms with van der Waals surface area (Å²) in [6.45, 7) is 0. The molecule has 1 heterocycles. The zero-order chi connectivity index (χ0) is 11.4. The molecule has 0 aliphatic heterocycles. The summed E-state index contributed by atoms with van der Waals surface area (Å²) in [5, 5.41) is 0.807. The van der Waals surface area contributed by atoms with E-state index in [1.165, 1.54) is 0 Å². The molecule has 0 bridgehead atoms. The summed E-state index contributed by atoms with van der Waals surface area (Å²) in [6, 6.07) is 9.86. The summed E-state index contributed by atoms with van der Waals surface area (Å²) in [7, 11) is 0. The second-order valence-electron chi connectivity index (χ2n) is 3.31. The minimum Gasteiger partial charge on any atom is -0.468 e. The van der Waals surface area contributed by atoms with Crippen LogP contribution in [0.4, 0.5) is 0 Å². The molecule has 2 rings (SSSR count). The molecule has 0 amide bonds. The molecule has 1 aromatic carbocycles. The first-order valence-electron chi connectivity index (χ1n) is 4.80. The Morgan fingerprint density at radius 2 is 2.12 bits per heavy atom. The average Bonchev–Trinajstić information content (AvgIpc) is 2.74. The van der Waals surface area contributed by atoms with Crippen molar-refractivity contribution in [3.05, 3.63) is 57.4 Å². The van der Waals surface area contributed by atoms with E-state index in [4.69, 9.17) is 16.0 Å². The number of hydrogen-bond acceptors (Lipinski definition) is 2. The maximum atomic E-state index is 6.12. The van der Waals surface area contributed by atoms with Crippen LogP contribution in [0.15, 0.2) is 45.5 Å². The molecule has 0 saturated heterocycles. The smallest absolute Gasteiger partial charge is 0.113 e. The molecule has 0 fully saturated rings. The zero-order valence-corrected chi connectivity index (χ0v) is 11.6. The monoisotopic (exact) mass is 316 g/mol. The van der Waals surface area contributed by atoms with Crippen molar-refractivity contribution in [2.24, 2.45) is 0 Å². The van der Waals surface area contributed by atoms with Crippen LogP contribution in [0.5, 0.6) is 0 Å². The summed E-state index contributed by atoms with van der Waals surface area (Å²) < 4.78 is 6.27. The minimum absolute atomic E-state index is 0.807. The lowest BCUT2D eigenvalue weighted by atomic mass is 10.2. The van der Waals surface area contributed by atoms with Crippen LogP contribution in [0.1, 0.15) is 11.3 Å². The summed E-state index contributed by atoms with van der Waals surface area (Å²) in [4.78, 5) is 0. The SMILES string of the molecule is Clc1cc(Br)ccc1CSCc1ccco1. The zero-order valence-electron chi connectivity index (χ0n) is 8.45. The van der Waals surface area contributed by atoms with Gasteiger partial charge in [-0.1, -0.05) is 33.6 Å². The van der Waals surface area contributed by atoms with Gasteiger partial charge in [0.2, 0.25) is 0 Å². The van der Waals surface area contributed by atoms with Gasteiger partial charge in [-0.15, -0.1) is 11.8 Å². The van der Waals surface area contributed by atoms with Crippen LogP contribution in [0, 0.1) is 0 Å². The number of benzene rings is 1. The highest BCUT2D eigenvalue weighted by molar-refractivity contribution is 9.10. The summed E-state index contributed by atoms with van der Waals surface area (Å²) in [5.74, 6) is 2.77. The third-order valence-corrected chi connectivity index (χ3v) is 3.95. The maximum absolute atomic E-state index is 6.12. The van der Waals surface area contributed by atoms with Crippen LogP contribution in [0.25, 0.3) is 0 Å². The summed E-state index contributed by atoms with van der Waals surface area (Å²) in [5.41, 5.74) is 1.15. The Labute approximate surface area is 112 Å². The maximum Gasteiger partial charge on any atom is 0.113 e.